The molecule has 0 aliphatic carbocycles. The lowest BCUT2D eigenvalue weighted by atomic mass is 10.1. The largest absolute Gasteiger partial charge is 0.324 e. The van der Waals surface area contributed by atoms with Crippen molar-refractivity contribution in [2.75, 3.05) is 5.32 Å². The molecule has 2 aromatic heterocycles. The van der Waals surface area contributed by atoms with Gasteiger partial charge in [0.1, 0.15) is 10.9 Å². The first-order chi connectivity index (χ1) is 14.0. The number of thiophene rings is 1. The second kappa shape index (κ2) is 7.81. The van der Waals surface area contributed by atoms with Crippen molar-refractivity contribution >= 4 is 44.7 Å². The molecule has 0 saturated heterocycles. The summed E-state index contributed by atoms with van der Waals surface area (Å²) in [4.78, 5) is 31.0. The lowest BCUT2D eigenvalue weighted by molar-refractivity contribution is -0.118. The highest BCUT2D eigenvalue weighted by Gasteiger charge is 2.20. The third-order valence-corrected chi connectivity index (χ3v) is 6.13. The van der Waals surface area contributed by atoms with Gasteiger partial charge in [-0.3, -0.25) is 14.2 Å². The van der Waals surface area contributed by atoms with Gasteiger partial charge in [0, 0.05) is 21.7 Å². The van der Waals surface area contributed by atoms with Crippen LogP contribution in [0, 0.1) is 6.92 Å². The lowest BCUT2D eigenvalue weighted by Crippen LogP contribution is -2.31. The van der Waals surface area contributed by atoms with Gasteiger partial charge < -0.3 is 5.32 Å². The van der Waals surface area contributed by atoms with Crippen LogP contribution in [-0.4, -0.2) is 15.5 Å². The van der Waals surface area contributed by atoms with Crippen LogP contribution < -0.4 is 10.9 Å². The standard InChI is InChI=1S/C22H18ClN3O2S/c1-13-8-9-16(10-18(13)23)25-20(27)14(2)26-12-24-21-19(22(26)28)17(11-29-21)15-6-4-3-5-7-15/h3-12,14H,1-2H3,(H,25,27). The van der Waals surface area contributed by atoms with Crippen molar-refractivity contribution in [1.29, 1.82) is 0 Å². The normalized spacial score (nSPS) is 12.1. The molecular weight excluding hydrogens is 406 g/mol. The zero-order valence-corrected chi connectivity index (χ0v) is 17.4. The number of fused-ring (bicyclic) bond motifs is 1. The molecule has 1 unspecified atom stereocenters. The van der Waals surface area contributed by atoms with Crippen LogP contribution in [0.5, 0.6) is 0 Å². The predicted molar refractivity (Wildman–Crippen MR) is 119 cm³/mol. The highest BCUT2D eigenvalue weighted by Crippen LogP contribution is 2.30. The number of nitrogens with zero attached hydrogens (tertiary/aromatic N) is 2. The van der Waals surface area contributed by atoms with E-state index < -0.39 is 6.04 Å². The van der Waals surface area contributed by atoms with Crippen molar-refractivity contribution in [2.45, 2.75) is 19.9 Å². The average molecular weight is 424 g/mol. The summed E-state index contributed by atoms with van der Waals surface area (Å²) in [7, 11) is 0. The molecule has 146 valence electrons. The van der Waals surface area contributed by atoms with Gasteiger partial charge in [-0.15, -0.1) is 11.3 Å². The monoisotopic (exact) mass is 423 g/mol. The molecule has 4 aromatic rings. The summed E-state index contributed by atoms with van der Waals surface area (Å²) in [5, 5.41) is 5.84. The molecular formula is C22H18ClN3O2S. The molecule has 1 atom stereocenters. The van der Waals surface area contributed by atoms with E-state index in [-0.39, 0.29) is 11.5 Å². The fraction of sp³-hybridized carbons (Fsp3) is 0.136. The fourth-order valence-electron chi connectivity index (χ4n) is 3.10. The van der Waals surface area contributed by atoms with Crippen LogP contribution in [0.15, 0.2) is 65.0 Å². The van der Waals surface area contributed by atoms with E-state index >= 15 is 0 Å². The van der Waals surface area contributed by atoms with Gasteiger partial charge in [-0.2, -0.15) is 0 Å². The number of halogens is 1. The van der Waals surface area contributed by atoms with Crippen LogP contribution in [0.4, 0.5) is 5.69 Å². The molecule has 4 rings (SSSR count). The molecule has 7 heteroatoms. The predicted octanol–water partition coefficient (Wildman–Crippen LogP) is 5.29. The second-order valence-corrected chi connectivity index (χ2v) is 8.05. The highest BCUT2D eigenvalue weighted by atomic mass is 35.5. The molecule has 2 heterocycles. The summed E-state index contributed by atoms with van der Waals surface area (Å²) in [6.45, 7) is 3.57. The number of nitrogens with one attached hydrogen (secondary N) is 1. The molecule has 1 N–H and O–H groups in total. The number of amides is 1. The second-order valence-electron chi connectivity index (χ2n) is 6.78. The molecule has 2 aromatic carbocycles. The molecule has 1 amide bonds. The quantitative estimate of drug-likeness (QED) is 0.485. The minimum absolute atomic E-state index is 0.236. The zero-order valence-electron chi connectivity index (χ0n) is 15.8. The SMILES string of the molecule is Cc1ccc(NC(=O)C(C)n2cnc3scc(-c4ccccc4)c3c2=O)cc1Cl. The Kier molecular flexibility index (Phi) is 5.22. The number of hydrogen-bond acceptors (Lipinski definition) is 4. The van der Waals surface area contributed by atoms with E-state index in [2.05, 4.69) is 10.3 Å². The van der Waals surface area contributed by atoms with E-state index in [1.165, 1.54) is 22.2 Å². The summed E-state index contributed by atoms with van der Waals surface area (Å²) in [5.74, 6) is -0.315. The van der Waals surface area contributed by atoms with E-state index in [1.807, 2.05) is 48.7 Å². The van der Waals surface area contributed by atoms with Crippen LogP contribution in [-0.2, 0) is 4.79 Å². The van der Waals surface area contributed by atoms with E-state index in [0.29, 0.717) is 20.9 Å². The number of aromatic nitrogens is 2. The van der Waals surface area contributed by atoms with Crippen LogP contribution in [0.3, 0.4) is 0 Å². The Morgan fingerprint density at radius 3 is 2.69 bits per heavy atom. The zero-order chi connectivity index (χ0) is 20.5. The Hall–Kier alpha value is -2.96. The van der Waals surface area contributed by atoms with Gasteiger partial charge in [-0.25, -0.2) is 4.98 Å². The molecule has 0 fully saturated rings. The van der Waals surface area contributed by atoms with Gasteiger partial charge in [0.2, 0.25) is 5.91 Å². The third kappa shape index (κ3) is 3.69. The maximum Gasteiger partial charge on any atom is 0.263 e. The molecule has 0 aliphatic heterocycles. The number of anilines is 1. The molecule has 0 radical (unpaired) electrons. The topological polar surface area (TPSA) is 64.0 Å². The Morgan fingerprint density at radius 1 is 1.21 bits per heavy atom. The highest BCUT2D eigenvalue weighted by molar-refractivity contribution is 7.17. The Labute approximate surface area is 176 Å². The van der Waals surface area contributed by atoms with E-state index in [4.69, 9.17) is 11.6 Å². The maximum absolute atomic E-state index is 13.2. The van der Waals surface area contributed by atoms with Gasteiger partial charge in [-0.1, -0.05) is 48.0 Å². The minimum Gasteiger partial charge on any atom is -0.324 e. The summed E-state index contributed by atoms with van der Waals surface area (Å²) in [6.07, 6.45) is 1.43. The molecule has 0 saturated carbocycles. The Morgan fingerprint density at radius 2 is 1.97 bits per heavy atom. The molecule has 0 aliphatic rings. The summed E-state index contributed by atoms with van der Waals surface area (Å²) in [5.41, 5.74) is 3.05. The Bertz CT molecular complexity index is 1260. The van der Waals surface area contributed by atoms with Gasteiger partial charge >= 0.3 is 0 Å². The first-order valence-corrected chi connectivity index (χ1v) is 10.3. The molecule has 0 spiro atoms. The van der Waals surface area contributed by atoms with Gasteiger partial charge in [0.25, 0.3) is 5.56 Å². The maximum atomic E-state index is 13.2. The minimum atomic E-state index is -0.733. The van der Waals surface area contributed by atoms with Gasteiger partial charge in [-0.05, 0) is 37.1 Å². The third-order valence-electron chi connectivity index (χ3n) is 4.84. The smallest absolute Gasteiger partial charge is 0.263 e. The number of benzene rings is 2. The van der Waals surface area contributed by atoms with Crippen molar-refractivity contribution in [3.63, 3.8) is 0 Å². The van der Waals surface area contributed by atoms with E-state index in [0.717, 1.165) is 16.7 Å². The van der Waals surface area contributed by atoms with Crippen LogP contribution in [0.25, 0.3) is 21.3 Å². The fourth-order valence-corrected chi connectivity index (χ4v) is 4.18. The van der Waals surface area contributed by atoms with Gasteiger partial charge in [0.05, 0.1) is 11.7 Å². The van der Waals surface area contributed by atoms with Crippen molar-refractivity contribution in [2.24, 2.45) is 0 Å². The number of carbonyl (C=O) groups excluding carboxylic acids is 1. The van der Waals surface area contributed by atoms with Crippen molar-refractivity contribution < 1.29 is 4.79 Å². The first kappa shape index (κ1) is 19.4. The number of hydrogen-bond donors (Lipinski definition) is 1. The van der Waals surface area contributed by atoms with Crippen molar-refractivity contribution in [1.82, 2.24) is 9.55 Å². The summed E-state index contributed by atoms with van der Waals surface area (Å²) >= 11 is 7.55. The Balaban J connectivity index is 1.70. The van der Waals surface area contributed by atoms with Crippen LogP contribution in [0.2, 0.25) is 5.02 Å². The first-order valence-electron chi connectivity index (χ1n) is 9.06. The average Bonchev–Trinajstić information content (AvgIpc) is 3.16. The lowest BCUT2D eigenvalue weighted by Gasteiger charge is -2.15. The number of aryl methyl sites for hydroxylation is 1. The van der Waals surface area contributed by atoms with E-state index in [9.17, 15) is 9.59 Å². The molecule has 0 bridgehead atoms. The van der Waals surface area contributed by atoms with Gasteiger partial charge in [0.15, 0.2) is 0 Å². The molecule has 29 heavy (non-hydrogen) atoms. The summed E-state index contributed by atoms with van der Waals surface area (Å²) < 4.78 is 1.37. The summed E-state index contributed by atoms with van der Waals surface area (Å²) in [6, 6.07) is 14.3. The van der Waals surface area contributed by atoms with Crippen LogP contribution >= 0.6 is 22.9 Å². The van der Waals surface area contributed by atoms with Crippen molar-refractivity contribution in [3.8, 4) is 11.1 Å². The van der Waals surface area contributed by atoms with E-state index in [1.54, 1.807) is 19.1 Å². The van der Waals surface area contributed by atoms with Crippen LogP contribution in [0.1, 0.15) is 18.5 Å². The van der Waals surface area contributed by atoms with Crippen molar-refractivity contribution in [3.05, 3.63) is 81.2 Å². The molecule has 5 nitrogen and oxygen atoms in total. The number of rotatable bonds is 4. The number of carbonyl (C=O) groups is 1.